The van der Waals surface area contributed by atoms with E-state index in [2.05, 4.69) is 29.9 Å². The van der Waals surface area contributed by atoms with Crippen LogP contribution in [0, 0.1) is 23.7 Å². The molecule has 1 aliphatic rings. The molecule has 3 rings (SSSR count). The van der Waals surface area contributed by atoms with Crippen LogP contribution in [0.25, 0.3) is 0 Å². The van der Waals surface area contributed by atoms with Crippen LogP contribution in [-0.2, 0) is 12.2 Å². The van der Waals surface area contributed by atoms with Crippen LogP contribution < -0.4 is 0 Å². The first-order chi connectivity index (χ1) is 11.4. The SMILES string of the molecule is Cc1ccc(CSc2nc3c(cc2C#N)C(=O)CC(C)(C)C3)cn1. The Hall–Kier alpha value is -2.19. The summed E-state index contributed by atoms with van der Waals surface area (Å²) in [7, 11) is 0. The van der Waals surface area contributed by atoms with Crippen LogP contribution in [0.4, 0.5) is 0 Å². The van der Waals surface area contributed by atoms with Crippen molar-refractivity contribution in [2.45, 2.75) is 44.4 Å². The van der Waals surface area contributed by atoms with E-state index in [1.807, 2.05) is 25.3 Å². The lowest BCUT2D eigenvalue weighted by molar-refractivity contribution is 0.0909. The lowest BCUT2D eigenvalue weighted by Crippen LogP contribution is -2.28. The van der Waals surface area contributed by atoms with Crippen LogP contribution in [0.5, 0.6) is 0 Å². The van der Waals surface area contributed by atoms with Crippen LogP contribution in [-0.4, -0.2) is 15.8 Å². The van der Waals surface area contributed by atoms with Crippen molar-refractivity contribution in [2.75, 3.05) is 0 Å². The molecule has 0 aromatic carbocycles. The first-order valence-corrected chi connectivity index (χ1v) is 8.88. The van der Waals surface area contributed by atoms with Crippen LogP contribution in [0.3, 0.4) is 0 Å². The standard InChI is InChI=1S/C19H19N3OS/c1-12-4-5-13(10-21-12)11-24-18-14(9-20)6-15-16(22-18)7-19(2,3)8-17(15)23/h4-6,10H,7-8,11H2,1-3H3. The maximum Gasteiger partial charge on any atom is 0.165 e. The van der Waals surface area contributed by atoms with Crippen molar-refractivity contribution in [3.63, 3.8) is 0 Å². The normalized spacial score (nSPS) is 15.7. The summed E-state index contributed by atoms with van der Waals surface area (Å²) in [6.07, 6.45) is 3.12. The molecule has 0 aliphatic heterocycles. The number of aromatic nitrogens is 2. The largest absolute Gasteiger partial charge is 0.294 e. The number of aryl methyl sites for hydroxylation is 1. The van der Waals surface area contributed by atoms with E-state index in [9.17, 15) is 10.1 Å². The zero-order valence-corrected chi connectivity index (χ0v) is 14.9. The molecule has 122 valence electrons. The maximum absolute atomic E-state index is 12.3. The Kier molecular flexibility index (Phi) is 4.42. The minimum absolute atomic E-state index is 0.0753. The molecule has 4 nitrogen and oxygen atoms in total. The third kappa shape index (κ3) is 3.49. The zero-order chi connectivity index (χ0) is 17.3. The Morgan fingerprint density at radius 1 is 1.33 bits per heavy atom. The number of thioether (sulfide) groups is 1. The van der Waals surface area contributed by atoms with E-state index in [0.717, 1.165) is 23.4 Å². The van der Waals surface area contributed by atoms with Gasteiger partial charge in [0.1, 0.15) is 11.1 Å². The minimum atomic E-state index is -0.0753. The second-order valence-corrected chi connectivity index (χ2v) is 7.95. The molecule has 2 heterocycles. The Morgan fingerprint density at radius 3 is 2.79 bits per heavy atom. The van der Waals surface area contributed by atoms with E-state index in [1.54, 1.807) is 6.07 Å². The summed E-state index contributed by atoms with van der Waals surface area (Å²) in [5, 5.41) is 10.1. The second-order valence-electron chi connectivity index (χ2n) is 6.98. The number of Topliss-reactive ketones (excluding diaryl/α,β-unsaturated/α-hetero) is 1. The molecule has 2 aromatic rings. The molecule has 0 saturated carbocycles. The van der Waals surface area contributed by atoms with E-state index < -0.39 is 0 Å². The van der Waals surface area contributed by atoms with Crippen LogP contribution in [0.1, 0.15) is 53.1 Å². The number of fused-ring (bicyclic) bond motifs is 1. The molecule has 0 amide bonds. The van der Waals surface area contributed by atoms with Crippen molar-refractivity contribution in [1.82, 2.24) is 9.97 Å². The fourth-order valence-corrected chi connectivity index (χ4v) is 3.79. The van der Waals surface area contributed by atoms with E-state index >= 15 is 0 Å². The molecule has 0 N–H and O–H groups in total. The van der Waals surface area contributed by atoms with E-state index in [1.165, 1.54) is 11.8 Å². The molecule has 5 heteroatoms. The molecule has 0 atom stereocenters. The lowest BCUT2D eigenvalue weighted by atomic mass is 9.75. The van der Waals surface area contributed by atoms with Crippen molar-refractivity contribution >= 4 is 17.5 Å². The van der Waals surface area contributed by atoms with Crippen LogP contribution in [0.2, 0.25) is 0 Å². The molecule has 0 unspecified atom stereocenters. The molecule has 0 bridgehead atoms. The van der Waals surface area contributed by atoms with Gasteiger partial charge in [-0.1, -0.05) is 19.9 Å². The molecule has 0 saturated heterocycles. The molecule has 2 aromatic heterocycles. The fourth-order valence-electron chi connectivity index (χ4n) is 2.88. The minimum Gasteiger partial charge on any atom is -0.294 e. The van der Waals surface area contributed by atoms with Gasteiger partial charge in [0.2, 0.25) is 0 Å². The Labute approximate surface area is 146 Å². The van der Waals surface area contributed by atoms with Crippen molar-refractivity contribution in [2.24, 2.45) is 5.41 Å². The van der Waals surface area contributed by atoms with Crippen molar-refractivity contribution in [3.8, 4) is 6.07 Å². The fraction of sp³-hybridized carbons (Fsp3) is 0.368. The first kappa shape index (κ1) is 16.7. The van der Waals surface area contributed by atoms with Gasteiger partial charge in [-0.25, -0.2) is 4.98 Å². The number of hydrogen-bond donors (Lipinski definition) is 0. The van der Waals surface area contributed by atoms with Crippen molar-refractivity contribution in [3.05, 3.63) is 52.5 Å². The first-order valence-electron chi connectivity index (χ1n) is 7.89. The summed E-state index contributed by atoms with van der Waals surface area (Å²) < 4.78 is 0. The van der Waals surface area contributed by atoms with Gasteiger partial charge in [0.05, 0.1) is 11.3 Å². The summed E-state index contributed by atoms with van der Waals surface area (Å²) in [6.45, 7) is 6.12. The molecule has 1 aliphatic carbocycles. The van der Waals surface area contributed by atoms with E-state index in [0.29, 0.717) is 28.3 Å². The van der Waals surface area contributed by atoms with E-state index in [4.69, 9.17) is 0 Å². The van der Waals surface area contributed by atoms with Gasteiger partial charge in [-0.3, -0.25) is 9.78 Å². The molecular formula is C19H19N3OS. The summed E-state index contributed by atoms with van der Waals surface area (Å²) >= 11 is 1.52. The number of carbonyl (C=O) groups is 1. The van der Waals surface area contributed by atoms with Gasteiger partial charge in [0, 0.05) is 29.6 Å². The summed E-state index contributed by atoms with van der Waals surface area (Å²) in [5.41, 5.74) is 3.91. The summed E-state index contributed by atoms with van der Waals surface area (Å²) in [6, 6.07) is 7.91. The van der Waals surface area contributed by atoms with Gasteiger partial charge >= 0.3 is 0 Å². The van der Waals surface area contributed by atoms with E-state index in [-0.39, 0.29) is 11.2 Å². The van der Waals surface area contributed by atoms with Gasteiger partial charge in [-0.2, -0.15) is 5.26 Å². The highest BCUT2D eigenvalue weighted by atomic mass is 32.2. The highest BCUT2D eigenvalue weighted by Crippen LogP contribution is 2.36. The molecule has 0 spiro atoms. The van der Waals surface area contributed by atoms with Crippen molar-refractivity contribution < 1.29 is 4.79 Å². The highest BCUT2D eigenvalue weighted by molar-refractivity contribution is 7.98. The van der Waals surface area contributed by atoms with Gasteiger partial charge < -0.3 is 0 Å². The molecule has 0 fully saturated rings. The number of nitrogens with zero attached hydrogens (tertiary/aromatic N) is 3. The average molecular weight is 337 g/mol. The Morgan fingerprint density at radius 2 is 2.12 bits per heavy atom. The van der Waals surface area contributed by atoms with Gasteiger partial charge in [-0.15, -0.1) is 11.8 Å². The quantitative estimate of drug-likeness (QED) is 0.789. The predicted octanol–water partition coefficient (Wildman–Crippen LogP) is 4.10. The monoisotopic (exact) mass is 337 g/mol. The van der Waals surface area contributed by atoms with Gasteiger partial charge in [-0.05, 0) is 36.5 Å². The Balaban J connectivity index is 1.89. The summed E-state index contributed by atoms with van der Waals surface area (Å²) in [4.78, 5) is 21.3. The number of ketones is 1. The highest BCUT2D eigenvalue weighted by Gasteiger charge is 2.32. The van der Waals surface area contributed by atoms with Gasteiger partial charge in [0.25, 0.3) is 0 Å². The van der Waals surface area contributed by atoms with Crippen LogP contribution in [0.15, 0.2) is 29.4 Å². The number of pyridine rings is 2. The number of carbonyl (C=O) groups excluding carboxylic acids is 1. The Bertz CT molecular complexity index is 835. The topological polar surface area (TPSA) is 66.6 Å². The lowest BCUT2D eigenvalue weighted by Gasteiger charge is -2.29. The third-order valence-electron chi connectivity index (χ3n) is 4.12. The van der Waals surface area contributed by atoms with Crippen molar-refractivity contribution in [1.29, 1.82) is 5.26 Å². The molecular weight excluding hydrogens is 318 g/mol. The number of hydrogen-bond acceptors (Lipinski definition) is 5. The van der Waals surface area contributed by atoms with Gasteiger partial charge in [0.15, 0.2) is 5.78 Å². The zero-order valence-electron chi connectivity index (χ0n) is 14.1. The number of rotatable bonds is 3. The van der Waals surface area contributed by atoms with Crippen LogP contribution >= 0.6 is 11.8 Å². The number of nitriles is 1. The molecule has 24 heavy (non-hydrogen) atoms. The predicted molar refractivity (Wildman–Crippen MR) is 93.9 cm³/mol. The summed E-state index contributed by atoms with van der Waals surface area (Å²) in [5.74, 6) is 0.787. The third-order valence-corrected chi connectivity index (χ3v) is 5.18. The average Bonchev–Trinajstić information content (AvgIpc) is 2.52. The molecule has 0 radical (unpaired) electrons. The maximum atomic E-state index is 12.3. The second kappa shape index (κ2) is 6.37. The smallest absolute Gasteiger partial charge is 0.165 e.